The number of hydrogen-bond acceptors (Lipinski definition) is 5. The summed E-state index contributed by atoms with van der Waals surface area (Å²) in [5.74, 6) is 0. The standard InChI is InChI=1S/C2H2N2O2S2/c5-8(6)2-3-1-7-4-2/h1H,(H,5,6)/p-1. The molecule has 0 saturated heterocycles. The highest BCUT2D eigenvalue weighted by molar-refractivity contribution is 7.79. The summed E-state index contributed by atoms with van der Waals surface area (Å²) in [6, 6.07) is 0. The molecule has 1 rings (SSSR count). The average molecular weight is 149 g/mol. The van der Waals surface area contributed by atoms with Crippen LogP contribution in [-0.2, 0) is 11.1 Å². The molecule has 4 nitrogen and oxygen atoms in total. The molecule has 1 aromatic rings. The largest absolute Gasteiger partial charge is 0.766 e. The fourth-order valence-electron chi connectivity index (χ4n) is 0.234. The lowest BCUT2D eigenvalue weighted by atomic mass is 11.3. The smallest absolute Gasteiger partial charge is 0.216 e. The Morgan fingerprint density at radius 2 is 2.62 bits per heavy atom. The number of nitrogens with zero attached hydrogens (tertiary/aromatic N) is 2. The molecule has 1 atom stereocenters. The Bertz CT molecular complexity index is 184. The van der Waals surface area contributed by atoms with Crippen LogP contribution in [0.25, 0.3) is 0 Å². The number of rotatable bonds is 1. The van der Waals surface area contributed by atoms with E-state index in [1.54, 1.807) is 0 Å². The Kier molecular flexibility index (Phi) is 1.66. The Hall–Kier alpha value is -0.330. The van der Waals surface area contributed by atoms with Crippen molar-refractivity contribution < 1.29 is 8.76 Å². The molecule has 0 bridgehead atoms. The summed E-state index contributed by atoms with van der Waals surface area (Å²) >= 11 is -1.25. The van der Waals surface area contributed by atoms with Crippen LogP contribution in [0.5, 0.6) is 0 Å². The van der Waals surface area contributed by atoms with Gasteiger partial charge in [0.05, 0.1) is 0 Å². The van der Waals surface area contributed by atoms with Gasteiger partial charge in [-0.25, -0.2) is 4.98 Å². The third-order valence-corrected chi connectivity index (χ3v) is 1.58. The van der Waals surface area contributed by atoms with E-state index in [0.717, 1.165) is 11.5 Å². The van der Waals surface area contributed by atoms with Crippen LogP contribution in [0, 0.1) is 0 Å². The quantitative estimate of drug-likeness (QED) is 0.517. The molecule has 0 saturated carbocycles. The zero-order valence-electron chi connectivity index (χ0n) is 3.60. The van der Waals surface area contributed by atoms with Crippen LogP contribution in [0.15, 0.2) is 10.7 Å². The van der Waals surface area contributed by atoms with Gasteiger partial charge in [-0.1, -0.05) is 0 Å². The molecule has 0 aromatic carbocycles. The van der Waals surface area contributed by atoms with Gasteiger partial charge in [0.15, 0.2) is 0 Å². The SMILES string of the molecule is O=S([O-])c1ncsn1. The monoisotopic (exact) mass is 149 g/mol. The third kappa shape index (κ3) is 1.09. The van der Waals surface area contributed by atoms with Crippen LogP contribution < -0.4 is 0 Å². The highest BCUT2D eigenvalue weighted by Crippen LogP contribution is 1.95. The zero-order valence-corrected chi connectivity index (χ0v) is 5.24. The van der Waals surface area contributed by atoms with Crippen molar-refractivity contribution in [2.24, 2.45) is 0 Å². The molecule has 0 spiro atoms. The van der Waals surface area contributed by atoms with E-state index in [9.17, 15) is 8.76 Å². The van der Waals surface area contributed by atoms with Crippen LogP contribution in [-0.4, -0.2) is 18.1 Å². The Balaban J connectivity index is 2.93. The van der Waals surface area contributed by atoms with E-state index in [-0.39, 0.29) is 5.16 Å². The molecule has 0 fully saturated rings. The highest BCUT2D eigenvalue weighted by atomic mass is 32.2. The fraction of sp³-hybridized carbons (Fsp3) is 0. The predicted molar refractivity (Wildman–Crippen MR) is 27.1 cm³/mol. The van der Waals surface area contributed by atoms with Crippen LogP contribution >= 0.6 is 11.5 Å². The van der Waals surface area contributed by atoms with Crippen molar-refractivity contribution in [2.45, 2.75) is 5.16 Å². The summed E-state index contributed by atoms with van der Waals surface area (Å²) in [6.45, 7) is 0. The Morgan fingerprint density at radius 3 is 2.88 bits per heavy atom. The lowest BCUT2D eigenvalue weighted by Crippen LogP contribution is -1.89. The van der Waals surface area contributed by atoms with Crippen molar-refractivity contribution in [3.8, 4) is 0 Å². The summed E-state index contributed by atoms with van der Waals surface area (Å²) in [7, 11) is 0. The molecular weight excluding hydrogens is 148 g/mol. The average Bonchev–Trinajstić information content (AvgIpc) is 2.12. The molecule has 0 amide bonds. The summed E-state index contributed by atoms with van der Waals surface area (Å²) in [5, 5.41) is -0.130. The summed E-state index contributed by atoms with van der Waals surface area (Å²) in [5.41, 5.74) is 1.37. The first-order valence-corrected chi connectivity index (χ1v) is 3.57. The van der Waals surface area contributed by atoms with Gasteiger partial charge in [0, 0.05) is 11.1 Å². The van der Waals surface area contributed by atoms with Gasteiger partial charge in [-0.15, -0.1) is 0 Å². The van der Waals surface area contributed by atoms with Gasteiger partial charge < -0.3 is 4.55 Å². The van der Waals surface area contributed by atoms with Crippen LogP contribution in [0.3, 0.4) is 0 Å². The first kappa shape index (κ1) is 5.80. The molecule has 0 radical (unpaired) electrons. The molecule has 0 aliphatic rings. The van der Waals surface area contributed by atoms with Gasteiger partial charge in [-0.2, -0.15) is 4.37 Å². The van der Waals surface area contributed by atoms with Crippen molar-refractivity contribution in [3.05, 3.63) is 5.51 Å². The highest BCUT2D eigenvalue weighted by Gasteiger charge is 1.91. The molecule has 1 heterocycles. The van der Waals surface area contributed by atoms with E-state index < -0.39 is 11.1 Å². The zero-order chi connectivity index (χ0) is 5.98. The molecule has 6 heteroatoms. The van der Waals surface area contributed by atoms with Gasteiger partial charge >= 0.3 is 0 Å². The Labute approximate surface area is 52.0 Å². The topological polar surface area (TPSA) is 65.9 Å². The molecule has 8 heavy (non-hydrogen) atoms. The third-order valence-electron chi connectivity index (χ3n) is 0.490. The first-order valence-electron chi connectivity index (χ1n) is 1.66. The lowest BCUT2D eigenvalue weighted by molar-refractivity contribution is 0.530. The van der Waals surface area contributed by atoms with E-state index in [2.05, 4.69) is 9.36 Å². The normalized spacial score (nSPS) is 13.6. The van der Waals surface area contributed by atoms with Crippen molar-refractivity contribution in [1.82, 2.24) is 9.36 Å². The maximum atomic E-state index is 9.94. The maximum Gasteiger partial charge on any atom is 0.216 e. The second-order valence-electron chi connectivity index (χ2n) is 0.948. The number of hydrogen-bond donors (Lipinski definition) is 0. The molecule has 1 unspecified atom stereocenters. The minimum Gasteiger partial charge on any atom is -0.766 e. The van der Waals surface area contributed by atoms with Gasteiger partial charge in [-0.3, -0.25) is 4.21 Å². The first-order chi connectivity index (χ1) is 3.80. The van der Waals surface area contributed by atoms with Crippen molar-refractivity contribution in [2.75, 3.05) is 0 Å². The fourth-order valence-corrected chi connectivity index (χ4v) is 1.14. The van der Waals surface area contributed by atoms with E-state index >= 15 is 0 Å². The molecule has 0 N–H and O–H groups in total. The minimum atomic E-state index is -2.26. The molecular formula is C2HN2O2S2-. The van der Waals surface area contributed by atoms with Crippen LogP contribution in [0.4, 0.5) is 0 Å². The maximum absolute atomic E-state index is 9.94. The van der Waals surface area contributed by atoms with Gasteiger partial charge in [0.25, 0.3) is 0 Å². The van der Waals surface area contributed by atoms with E-state index in [1.807, 2.05) is 0 Å². The Morgan fingerprint density at radius 1 is 1.88 bits per heavy atom. The van der Waals surface area contributed by atoms with E-state index in [0.29, 0.717) is 0 Å². The van der Waals surface area contributed by atoms with Gasteiger partial charge in [-0.05, 0) is 11.5 Å². The molecule has 0 aliphatic carbocycles. The van der Waals surface area contributed by atoms with Gasteiger partial charge in [0.2, 0.25) is 5.16 Å². The van der Waals surface area contributed by atoms with Crippen LogP contribution in [0.1, 0.15) is 0 Å². The minimum absolute atomic E-state index is 0.130. The summed E-state index contributed by atoms with van der Waals surface area (Å²) < 4.78 is 23.3. The van der Waals surface area contributed by atoms with Crippen LogP contribution in [0.2, 0.25) is 0 Å². The lowest BCUT2D eigenvalue weighted by Gasteiger charge is -1.93. The summed E-state index contributed by atoms with van der Waals surface area (Å²) in [6.07, 6.45) is 0. The van der Waals surface area contributed by atoms with Gasteiger partial charge in [0.1, 0.15) is 5.51 Å². The number of aromatic nitrogens is 2. The summed E-state index contributed by atoms with van der Waals surface area (Å²) in [4.78, 5) is 3.41. The predicted octanol–water partition coefficient (Wildman–Crippen LogP) is -0.224. The van der Waals surface area contributed by atoms with Crippen molar-refractivity contribution in [3.63, 3.8) is 0 Å². The molecule has 1 aromatic heterocycles. The van der Waals surface area contributed by atoms with E-state index in [1.165, 1.54) is 5.51 Å². The molecule has 0 aliphatic heterocycles. The van der Waals surface area contributed by atoms with Crippen molar-refractivity contribution in [1.29, 1.82) is 0 Å². The molecule has 44 valence electrons. The van der Waals surface area contributed by atoms with Crippen molar-refractivity contribution >= 4 is 22.6 Å². The second kappa shape index (κ2) is 2.29. The van der Waals surface area contributed by atoms with E-state index in [4.69, 9.17) is 0 Å². The second-order valence-corrected chi connectivity index (χ2v) is 2.39.